The molecule has 1 saturated heterocycles. The van der Waals surface area contributed by atoms with Gasteiger partial charge in [-0.3, -0.25) is 19.2 Å². The van der Waals surface area contributed by atoms with Gasteiger partial charge < -0.3 is 24.4 Å². The Labute approximate surface area is 192 Å². The van der Waals surface area contributed by atoms with E-state index in [1.165, 1.54) is 13.8 Å². The minimum atomic E-state index is -1.50. The molecule has 2 spiro atoms. The Balaban J connectivity index is 1.99. The van der Waals surface area contributed by atoms with Crippen LogP contribution in [0.2, 0.25) is 0 Å². The molecule has 1 heterocycles. The van der Waals surface area contributed by atoms with E-state index in [0.29, 0.717) is 18.4 Å². The summed E-state index contributed by atoms with van der Waals surface area (Å²) in [4.78, 5) is 50.3. The number of hydrogen-bond acceptors (Lipinski definition) is 8. The minimum absolute atomic E-state index is 0.228. The molecule has 0 aromatic heterocycles. The number of carbonyl (C=O) groups excluding carboxylic acids is 3. The van der Waals surface area contributed by atoms with Crippen molar-refractivity contribution in [3.8, 4) is 0 Å². The molecule has 9 nitrogen and oxygen atoms in total. The lowest BCUT2D eigenvalue weighted by molar-refractivity contribution is -0.271. The van der Waals surface area contributed by atoms with Gasteiger partial charge in [-0.05, 0) is 42.6 Å². The number of carboxylic acid groups (broad SMARTS) is 1. The third-order valence-electron chi connectivity index (χ3n) is 8.60. The maximum Gasteiger partial charge on any atom is 0.316 e. The maximum absolute atomic E-state index is 13.5. The van der Waals surface area contributed by atoms with E-state index in [1.54, 1.807) is 0 Å². The summed E-state index contributed by atoms with van der Waals surface area (Å²) >= 11 is 0. The predicted octanol–water partition coefficient (Wildman–Crippen LogP) is 1.86. The Hall–Kier alpha value is -2.42. The zero-order valence-corrected chi connectivity index (χ0v) is 19.5. The van der Waals surface area contributed by atoms with Gasteiger partial charge in [0.2, 0.25) is 0 Å². The van der Waals surface area contributed by atoms with Crippen LogP contribution in [-0.4, -0.2) is 59.0 Å². The van der Waals surface area contributed by atoms with Gasteiger partial charge in [0.25, 0.3) is 0 Å². The highest BCUT2D eigenvalue weighted by Gasteiger charge is 2.78. The molecule has 4 fully saturated rings. The van der Waals surface area contributed by atoms with Gasteiger partial charge in [-0.25, -0.2) is 0 Å². The smallest absolute Gasteiger partial charge is 0.316 e. The zero-order valence-electron chi connectivity index (χ0n) is 19.5. The fourth-order valence-corrected chi connectivity index (χ4v) is 7.72. The van der Waals surface area contributed by atoms with Crippen molar-refractivity contribution < 1.29 is 43.6 Å². The van der Waals surface area contributed by atoms with Crippen molar-refractivity contribution in [1.82, 2.24) is 0 Å². The summed E-state index contributed by atoms with van der Waals surface area (Å²) in [5.74, 6) is -5.27. The number of rotatable bonds is 3. The molecule has 3 saturated carbocycles. The van der Waals surface area contributed by atoms with Crippen molar-refractivity contribution in [2.45, 2.75) is 71.7 Å². The van der Waals surface area contributed by atoms with Gasteiger partial charge in [-0.2, -0.15) is 0 Å². The summed E-state index contributed by atoms with van der Waals surface area (Å²) in [6, 6.07) is 0. The van der Waals surface area contributed by atoms with Gasteiger partial charge in [0.05, 0.1) is 17.4 Å². The Kier molecular flexibility index (Phi) is 5.43. The first kappa shape index (κ1) is 23.7. The van der Waals surface area contributed by atoms with Crippen molar-refractivity contribution in [3.63, 3.8) is 0 Å². The largest absolute Gasteiger partial charge is 0.481 e. The normalized spacial score (nSPS) is 43.4. The molecule has 9 heteroatoms. The summed E-state index contributed by atoms with van der Waals surface area (Å²) in [6.07, 6.45) is -1.74. The second kappa shape index (κ2) is 7.55. The van der Waals surface area contributed by atoms with Crippen molar-refractivity contribution in [2.24, 2.45) is 34.0 Å². The number of esters is 3. The van der Waals surface area contributed by atoms with Crippen molar-refractivity contribution >= 4 is 23.9 Å². The second-order valence-electron chi connectivity index (χ2n) is 10.9. The summed E-state index contributed by atoms with van der Waals surface area (Å²) in [6.45, 7) is 9.90. The summed E-state index contributed by atoms with van der Waals surface area (Å²) in [7, 11) is 0. The van der Waals surface area contributed by atoms with E-state index >= 15 is 0 Å². The first-order valence-electron chi connectivity index (χ1n) is 11.4. The van der Waals surface area contributed by atoms with Crippen LogP contribution in [0.4, 0.5) is 0 Å². The van der Waals surface area contributed by atoms with Crippen molar-refractivity contribution in [2.75, 3.05) is 6.61 Å². The topological polar surface area (TPSA) is 136 Å². The quantitative estimate of drug-likeness (QED) is 0.364. The van der Waals surface area contributed by atoms with E-state index in [1.807, 2.05) is 13.8 Å². The molecule has 0 aromatic rings. The first-order valence-corrected chi connectivity index (χ1v) is 11.4. The molecule has 4 rings (SSSR count). The standard InChI is InChI=1S/C24H32O9/c1-11-14-8-15(27)17-23(9-14,19(11)33-13(3)26)21(30)31-10-24(17)16(32-12(2)25)6-7-22(4,5)18(24)20(28)29/h14-19,27H,1,6-10H2,2-5H3,(H,28,29). The number of carboxylic acids is 1. The number of ether oxygens (including phenoxy) is 3. The molecular weight excluding hydrogens is 432 g/mol. The van der Waals surface area contributed by atoms with Gasteiger partial charge in [0.15, 0.2) is 0 Å². The number of hydrogen-bond donors (Lipinski definition) is 2. The van der Waals surface area contributed by atoms with Gasteiger partial charge in [0.1, 0.15) is 24.2 Å². The van der Waals surface area contributed by atoms with Gasteiger partial charge in [0, 0.05) is 19.8 Å². The van der Waals surface area contributed by atoms with Crippen LogP contribution in [0.15, 0.2) is 12.2 Å². The molecule has 2 N–H and O–H groups in total. The van der Waals surface area contributed by atoms with E-state index in [2.05, 4.69) is 6.58 Å². The van der Waals surface area contributed by atoms with Crippen LogP contribution in [0.5, 0.6) is 0 Å². The lowest BCUT2D eigenvalue weighted by atomic mass is 9.43. The Morgan fingerprint density at radius 1 is 1.15 bits per heavy atom. The highest BCUT2D eigenvalue weighted by molar-refractivity contribution is 5.83. The van der Waals surface area contributed by atoms with Crippen LogP contribution in [0, 0.1) is 34.0 Å². The van der Waals surface area contributed by atoms with Crippen LogP contribution in [0.1, 0.15) is 53.4 Å². The molecule has 0 radical (unpaired) electrons. The van der Waals surface area contributed by atoms with Crippen LogP contribution in [0.3, 0.4) is 0 Å². The number of aliphatic hydroxyl groups excluding tert-OH is 1. The fourth-order valence-electron chi connectivity index (χ4n) is 7.72. The molecule has 0 amide bonds. The van der Waals surface area contributed by atoms with Crippen LogP contribution in [-0.2, 0) is 33.4 Å². The third kappa shape index (κ3) is 3.15. The molecule has 2 bridgehead atoms. The van der Waals surface area contributed by atoms with E-state index < -0.39 is 70.3 Å². The molecule has 182 valence electrons. The molecule has 8 atom stereocenters. The van der Waals surface area contributed by atoms with Gasteiger partial charge >= 0.3 is 23.9 Å². The average molecular weight is 465 g/mol. The monoisotopic (exact) mass is 464 g/mol. The van der Waals surface area contributed by atoms with Crippen LogP contribution in [0.25, 0.3) is 0 Å². The molecule has 8 unspecified atom stereocenters. The van der Waals surface area contributed by atoms with Crippen LogP contribution < -0.4 is 0 Å². The van der Waals surface area contributed by atoms with Crippen molar-refractivity contribution in [1.29, 1.82) is 0 Å². The Morgan fingerprint density at radius 2 is 1.79 bits per heavy atom. The third-order valence-corrected chi connectivity index (χ3v) is 8.60. The first-order chi connectivity index (χ1) is 15.3. The second-order valence-corrected chi connectivity index (χ2v) is 10.9. The molecule has 1 aliphatic heterocycles. The van der Waals surface area contributed by atoms with E-state index in [0.717, 1.165) is 0 Å². The number of cyclic esters (lactones) is 1. The molecule has 3 aliphatic carbocycles. The van der Waals surface area contributed by atoms with Gasteiger partial charge in [-0.15, -0.1) is 0 Å². The Morgan fingerprint density at radius 3 is 2.36 bits per heavy atom. The summed E-state index contributed by atoms with van der Waals surface area (Å²) in [5.41, 5.74) is -3.12. The van der Waals surface area contributed by atoms with E-state index in [9.17, 15) is 29.4 Å². The molecule has 33 heavy (non-hydrogen) atoms. The fraction of sp³-hybridized carbons (Fsp3) is 0.750. The maximum atomic E-state index is 13.5. The highest BCUT2D eigenvalue weighted by atomic mass is 16.6. The SMILES string of the molecule is C=C1C2CC(O)C3C(C2)(C(=O)OCC32C(OC(C)=O)CCC(C)(C)C2C(=O)O)C1OC(C)=O. The lowest BCUT2D eigenvalue weighted by Gasteiger charge is -2.63. The van der Waals surface area contributed by atoms with Crippen molar-refractivity contribution in [3.05, 3.63) is 12.2 Å². The average Bonchev–Trinajstić information content (AvgIpc) is 2.88. The van der Waals surface area contributed by atoms with Crippen LogP contribution >= 0.6 is 0 Å². The number of carbonyl (C=O) groups is 4. The van der Waals surface area contributed by atoms with E-state index in [-0.39, 0.29) is 25.4 Å². The van der Waals surface area contributed by atoms with Gasteiger partial charge in [-0.1, -0.05) is 20.4 Å². The molecule has 0 aromatic carbocycles. The minimum Gasteiger partial charge on any atom is -0.481 e. The van der Waals surface area contributed by atoms with E-state index in [4.69, 9.17) is 14.2 Å². The number of aliphatic carboxylic acids is 1. The zero-order chi connectivity index (χ0) is 24.5. The summed E-state index contributed by atoms with van der Waals surface area (Å²) in [5, 5.41) is 21.9. The number of aliphatic hydroxyl groups is 1. The number of fused-ring (bicyclic) bond motifs is 2. The molecule has 4 aliphatic rings. The summed E-state index contributed by atoms with van der Waals surface area (Å²) < 4.78 is 17.0. The highest BCUT2D eigenvalue weighted by Crippen LogP contribution is 2.70. The Bertz CT molecular complexity index is 923. The predicted molar refractivity (Wildman–Crippen MR) is 112 cm³/mol. The molecular formula is C24H32O9. The lowest BCUT2D eigenvalue weighted by Crippen LogP contribution is -2.72.